The maximum atomic E-state index is 2.34. The first-order valence-electron chi connectivity index (χ1n) is 8.86. The summed E-state index contributed by atoms with van der Waals surface area (Å²) in [4.78, 5) is 0. The molecule has 6 aromatic rings. The molecule has 0 aliphatic heterocycles. The van der Waals surface area contributed by atoms with E-state index in [1.165, 1.54) is 62.2 Å². The van der Waals surface area contributed by atoms with Crippen LogP contribution in [0.1, 0.15) is 11.1 Å². The third kappa shape index (κ3) is 1.89. The zero-order chi connectivity index (χ0) is 17.4. The Kier molecular flexibility index (Phi) is 2.87. The summed E-state index contributed by atoms with van der Waals surface area (Å²) >= 11 is 3.90. The van der Waals surface area contributed by atoms with Gasteiger partial charge in [-0.25, -0.2) is 0 Å². The van der Waals surface area contributed by atoms with Crippen molar-refractivity contribution in [3.8, 4) is 0 Å². The van der Waals surface area contributed by atoms with Crippen LogP contribution in [-0.4, -0.2) is 0 Å². The molecule has 0 nitrogen and oxygen atoms in total. The molecule has 0 fully saturated rings. The average Bonchev–Trinajstić information content (AvgIpc) is 3.17. The Bertz CT molecular complexity index is 1380. The first-order valence-corrected chi connectivity index (χ1v) is 10.5. The highest BCUT2D eigenvalue weighted by molar-refractivity contribution is 7.37. The molecule has 0 aliphatic carbocycles. The molecule has 0 atom stereocenters. The highest BCUT2D eigenvalue weighted by atomic mass is 32.1. The van der Waals surface area contributed by atoms with Crippen molar-refractivity contribution in [2.75, 3.05) is 0 Å². The first-order chi connectivity index (χ1) is 12.7. The van der Waals surface area contributed by atoms with Crippen LogP contribution in [0.15, 0.2) is 60.7 Å². The lowest BCUT2D eigenvalue weighted by atomic mass is 10.0. The minimum Gasteiger partial charge on any atom is -0.134 e. The van der Waals surface area contributed by atoms with Crippen LogP contribution < -0.4 is 0 Å². The third-order valence-electron chi connectivity index (χ3n) is 5.36. The SMILES string of the molecule is Cc1ccc2ccc3sc4c(sc5ccc6ccc(C)cc6c54)c3c2c1. The average molecular weight is 369 g/mol. The van der Waals surface area contributed by atoms with Gasteiger partial charge in [0.05, 0.1) is 9.40 Å². The molecule has 0 amide bonds. The Morgan fingerprint density at radius 2 is 0.962 bits per heavy atom. The van der Waals surface area contributed by atoms with E-state index in [2.05, 4.69) is 74.5 Å². The zero-order valence-corrected chi connectivity index (χ0v) is 16.2. The van der Waals surface area contributed by atoms with Gasteiger partial charge >= 0.3 is 0 Å². The van der Waals surface area contributed by atoms with Crippen LogP contribution in [-0.2, 0) is 0 Å². The van der Waals surface area contributed by atoms with E-state index in [1.807, 2.05) is 22.7 Å². The summed E-state index contributed by atoms with van der Waals surface area (Å²) in [5, 5.41) is 8.32. The van der Waals surface area contributed by atoms with E-state index in [1.54, 1.807) is 0 Å². The molecule has 2 aromatic heterocycles. The van der Waals surface area contributed by atoms with Crippen LogP contribution in [0.5, 0.6) is 0 Å². The second kappa shape index (κ2) is 5.06. The summed E-state index contributed by atoms with van der Waals surface area (Å²) < 4.78 is 5.70. The van der Waals surface area contributed by atoms with Crippen LogP contribution in [0, 0.1) is 13.8 Å². The van der Waals surface area contributed by atoms with Gasteiger partial charge in [0.25, 0.3) is 0 Å². The molecule has 0 saturated carbocycles. The van der Waals surface area contributed by atoms with Gasteiger partial charge in [-0.3, -0.25) is 0 Å². The topological polar surface area (TPSA) is 0 Å². The van der Waals surface area contributed by atoms with Crippen LogP contribution in [0.25, 0.3) is 51.1 Å². The highest BCUT2D eigenvalue weighted by Crippen LogP contribution is 2.48. The fourth-order valence-corrected chi connectivity index (χ4v) is 6.86. The number of hydrogen-bond donors (Lipinski definition) is 0. The molecule has 6 rings (SSSR count). The first kappa shape index (κ1) is 14.7. The summed E-state index contributed by atoms with van der Waals surface area (Å²) in [7, 11) is 0. The fraction of sp³-hybridized carbons (Fsp3) is 0.0833. The Balaban J connectivity index is 1.90. The van der Waals surface area contributed by atoms with Crippen LogP contribution in [0.4, 0.5) is 0 Å². The van der Waals surface area contributed by atoms with Crippen molar-refractivity contribution >= 4 is 73.8 Å². The van der Waals surface area contributed by atoms with E-state index >= 15 is 0 Å². The normalized spacial score (nSPS) is 12.2. The summed E-state index contributed by atoms with van der Waals surface area (Å²) in [5.74, 6) is 0. The van der Waals surface area contributed by atoms with Gasteiger partial charge in [-0.05, 0) is 47.5 Å². The summed E-state index contributed by atoms with van der Waals surface area (Å²) in [6.07, 6.45) is 0. The second-order valence-electron chi connectivity index (χ2n) is 7.19. The molecule has 0 unspecified atom stereocenters. The largest absolute Gasteiger partial charge is 0.134 e. The molecule has 0 spiro atoms. The molecule has 26 heavy (non-hydrogen) atoms. The second-order valence-corrected chi connectivity index (χ2v) is 9.29. The van der Waals surface area contributed by atoms with Crippen molar-refractivity contribution in [1.82, 2.24) is 0 Å². The predicted octanol–water partition coefficient (Wildman–Crippen LogP) is 8.19. The summed E-state index contributed by atoms with van der Waals surface area (Å²) in [6.45, 7) is 4.37. The monoisotopic (exact) mass is 368 g/mol. The quantitative estimate of drug-likeness (QED) is 0.253. The lowest BCUT2D eigenvalue weighted by Gasteiger charge is -2.02. The minimum atomic E-state index is 1.33. The highest BCUT2D eigenvalue weighted by Gasteiger charge is 2.16. The lowest BCUT2D eigenvalue weighted by molar-refractivity contribution is 1.51. The molecule has 2 heteroatoms. The Labute approximate surface area is 159 Å². The number of benzene rings is 4. The zero-order valence-electron chi connectivity index (χ0n) is 14.6. The van der Waals surface area contributed by atoms with Crippen LogP contribution >= 0.6 is 22.7 Å². The molecule has 0 saturated heterocycles. The van der Waals surface area contributed by atoms with E-state index in [-0.39, 0.29) is 0 Å². The van der Waals surface area contributed by atoms with Gasteiger partial charge in [0.2, 0.25) is 0 Å². The van der Waals surface area contributed by atoms with Gasteiger partial charge in [-0.1, -0.05) is 59.7 Å². The maximum absolute atomic E-state index is 2.34. The van der Waals surface area contributed by atoms with Crippen molar-refractivity contribution in [1.29, 1.82) is 0 Å². The van der Waals surface area contributed by atoms with Gasteiger partial charge in [-0.2, -0.15) is 0 Å². The lowest BCUT2D eigenvalue weighted by Crippen LogP contribution is -1.76. The third-order valence-corrected chi connectivity index (χ3v) is 7.84. The van der Waals surface area contributed by atoms with Crippen LogP contribution in [0.3, 0.4) is 0 Å². The molecular weight excluding hydrogens is 352 g/mol. The van der Waals surface area contributed by atoms with E-state index in [0.717, 1.165) is 0 Å². The minimum absolute atomic E-state index is 1.33. The predicted molar refractivity (Wildman–Crippen MR) is 119 cm³/mol. The molecule has 124 valence electrons. The number of fused-ring (bicyclic) bond motifs is 9. The van der Waals surface area contributed by atoms with Gasteiger partial charge < -0.3 is 0 Å². The number of thiophene rings is 2. The smallest absolute Gasteiger partial charge is 0.0548 e. The fourth-order valence-electron chi connectivity index (χ4n) is 4.11. The van der Waals surface area contributed by atoms with E-state index < -0.39 is 0 Å². The van der Waals surface area contributed by atoms with Crippen molar-refractivity contribution in [2.24, 2.45) is 0 Å². The summed E-state index contributed by atoms with van der Waals surface area (Å²) in [6, 6.07) is 22.7. The van der Waals surface area contributed by atoms with E-state index in [4.69, 9.17) is 0 Å². The van der Waals surface area contributed by atoms with E-state index in [0.29, 0.717) is 0 Å². The molecule has 0 bridgehead atoms. The summed E-state index contributed by atoms with van der Waals surface area (Å²) in [5.41, 5.74) is 2.65. The van der Waals surface area contributed by atoms with E-state index in [9.17, 15) is 0 Å². The molecule has 0 radical (unpaired) electrons. The molecule has 4 aromatic carbocycles. The number of rotatable bonds is 0. The molecular formula is C24H16S2. The number of hydrogen-bond acceptors (Lipinski definition) is 2. The van der Waals surface area contributed by atoms with Gasteiger partial charge in [-0.15, -0.1) is 22.7 Å². The molecule has 0 aliphatic rings. The van der Waals surface area contributed by atoms with Crippen molar-refractivity contribution in [3.63, 3.8) is 0 Å². The Morgan fingerprint density at radius 3 is 1.42 bits per heavy atom. The van der Waals surface area contributed by atoms with Crippen molar-refractivity contribution in [2.45, 2.75) is 13.8 Å². The van der Waals surface area contributed by atoms with Crippen molar-refractivity contribution in [3.05, 3.63) is 71.8 Å². The van der Waals surface area contributed by atoms with Crippen LogP contribution in [0.2, 0.25) is 0 Å². The van der Waals surface area contributed by atoms with Gasteiger partial charge in [0.1, 0.15) is 0 Å². The van der Waals surface area contributed by atoms with Gasteiger partial charge in [0.15, 0.2) is 0 Å². The van der Waals surface area contributed by atoms with Gasteiger partial charge in [0, 0.05) is 20.2 Å². The maximum Gasteiger partial charge on any atom is 0.0548 e. The van der Waals surface area contributed by atoms with Crippen molar-refractivity contribution < 1.29 is 0 Å². The Morgan fingerprint density at radius 1 is 0.538 bits per heavy atom. The molecule has 2 heterocycles. The molecule has 0 N–H and O–H groups in total. The standard InChI is InChI=1S/C24H16S2/c1-13-3-5-15-7-9-19-21(17(15)11-13)23-24(25-19)22-18-12-14(2)4-6-16(18)8-10-20(22)26-23/h3-12H,1-2H3. The Hall–Kier alpha value is -2.42. The number of aryl methyl sites for hydroxylation is 2.